The van der Waals surface area contributed by atoms with E-state index in [1.165, 1.54) is 11.6 Å². The summed E-state index contributed by atoms with van der Waals surface area (Å²) in [6.45, 7) is 4.38. The molecule has 0 bridgehead atoms. The van der Waals surface area contributed by atoms with Crippen LogP contribution in [0.4, 0.5) is 5.69 Å². The van der Waals surface area contributed by atoms with E-state index in [9.17, 15) is 9.59 Å². The molecule has 29 heavy (non-hydrogen) atoms. The summed E-state index contributed by atoms with van der Waals surface area (Å²) in [5.74, 6) is 1.31. The largest absolute Gasteiger partial charge is 0.484 e. The molecule has 0 saturated carbocycles. The quantitative estimate of drug-likeness (QED) is 0.697. The molecular formula is C23H22N2O4. The fourth-order valence-corrected chi connectivity index (χ4v) is 4.52. The number of carbonyl (C=O) groups excluding carboxylic acids is 1. The van der Waals surface area contributed by atoms with Gasteiger partial charge in [-0.25, -0.2) is 4.79 Å². The summed E-state index contributed by atoms with van der Waals surface area (Å²) in [5.41, 5.74) is 3.12. The topological polar surface area (TPSA) is 71.8 Å². The number of aryl methyl sites for hydroxylation is 1. The number of amides is 1. The number of benzene rings is 2. The minimum absolute atomic E-state index is 0.0687. The maximum Gasteiger partial charge on any atom is 0.336 e. The van der Waals surface area contributed by atoms with Crippen LogP contribution in [0.5, 0.6) is 5.75 Å². The fraction of sp³-hybridized carbons (Fsp3) is 0.304. The Hall–Kier alpha value is -3.12. The number of hydrogen-bond donors (Lipinski definition) is 1. The van der Waals surface area contributed by atoms with Crippen molar-refractivity contribution in [2.75, 3.05) is 31.1 Å². The Morgan fingerprint density at radius 1 is 1.21 bits per heavy atom. The summed E-state index contributed by atoms with van der Waals surface area (Å²) in [6.07, 6.45) is 0. The maximum atomic E-state index is 13.0. The smallest absolute Gasteiger partial charge is 0.336 e. The molecule has 0 unspecified atom stereocenters. The predicted octanol–water partition coefficient (Wildman–Crippen LogP) is 2.83. The third kappa shape index (κ3) is 3.19. The van der Waals surface area contributed by atoms with Gasteiger partial charge in [-0.2, -0.15) is 0 Å². The lowest BCUT2D eigenvalue weighted by atomic mass is 9.83. The van der Waals surface area contributed by atoms with E-state index in [0.29, 0.717) is 29.7 Å². The van der Waals surface area contributed by atoms with E-state index >= 15 is 0 Å². The van der Waals surface area contributed by atoms with Gasteiger partial charge in [0.25, 0.3) is 5.91 Å². The summed E-state index contributed by atoms with van der Waals surface area (Å²) in [5, 5.41) is 4.30. The molecule has 3 aromatic rings. The molecule has 2 aliphatic rings. The van der Waals surface area contributed by atoms with Gasteiger partial charge in [-0.05, 0) is 42.2 Å². The van der Waals surface area contributed by atoms with Gasteiger partial charge in [0.05, 0.1) is 0 Å². The Balaban J connectivity index is 1.36. The molecule has 6 heteroatoms. The molecule has 1 saturated heterocycles. The van der Waals surface area contributed by atoms with Gasteiger partial charge in [0.2, 0.25) is 0 Å². The van der Waals surface area contributed by atoms with Crippen LogP contribution in [-0.4, -0.2) is 32.1 Å². The summed E-state index contributed by atoms with van der Waals surface area (Å²) in [7, 11) is 0. The van der Waals surface area contributed by atoms with Crippen molar-refractivity contribution in [3.8, 4) is 5.75 Å². The number of nitrogens with one attached hydrogen (secondary N) is 1. The lowest BCUT2D eigenvalue weighted by Gasteiger charge is -2.36. The summed E-state index contributed by atoms with van der Waals surface area (Å²) >= 11 is 0. The van der Waals surface area contributed by atoms with Crippen LogP contribution in [0.3, 0.4) is 0 Å². The Bertz CT molecular complexity index is 1150. The second-order valence-electron chi connectivity index (χ2n) is 7.78. The lowest BCUT2D eigenvalue weighted by molar-refractivity contribution is -0.120. The third-order valence-electron chi connectivity index (χ3n) is 5.97. The first-order valence-electron chi connectivity index (χ1n) is 9.87. The van der Waals surface area contributed by atoms with Crippen LogP contribution in [-0.2, 0) is 4.79 Å². The molecule has 2 aliphatic heterocycles. The van der Waals surface area contributed by atoms with Crippen LogP contribution in [0.25, 0.3) is 11.0 Å². The van der Waals surface area contributed by atoms with Crippen molar-refractivity contribution in [3.63, 3.8) is 0 Å². The van der Waals surface area contributed by atoms with Crippen molar-refractivity contribution in [1.82, 2.24) is 5.32 Å². The SMILES string of the molecule is Cc1cc(=O)oc2cc(OCC(=O)N3C[C@@H]4CNC[C@@H]4c4ccccc43)ccc12. The second-order valence-corrected chi connectivity index (χ2v) is 7.78. The molecule has 3 heterocycles. The molecule has 6 nitrogen and oxygen atoms in total. The van der Waals surface area contributed by atoms with Crippen molar-refractivity contribution in [2.45, 2.75) is 12.8 Å². The Morgan fingerprint density at radius 3 is 2.97 bits per heavy atom. The molecule has 1 amide bonds. The van der Waals surface area contributed by atoms with Gasteiger partial charge in [0, 0.05) is 48.8 Å². The fourth-order valence-electron chi connectivity index (χ4n) is 4.52. The van der Waals surface area contributed by atoms with Gasteiger partial charge < -0.3 is 19.4 Å². The second kappa shape index (κ2) is 7.04. The van der Waals surface area contributed by atoms with E-state index in [1.54, 1.807) is 12.1 Å². The highest BCUT2D eigenvalue weighted by atomic mass is 16.5. The van der Waals surface area contributed by atoms with Gasteiger partial charge in [-0.15, -0.1) is 0 Å². The number of nitrogens with zero attached hydrogens (tertiary/aromatic N) is 1. The van der Waals surface area contributed by atoms with E-state index in [4.69, 9.17) is 9.15 Å². The number of anilines is 1. The highest BCUT2D eigenvalue weighted by Gasteiger charge is 2.38. The number of carbonyl (C=O) groups is 1. The van der Waals surface area contributed by atoms with Crippen LogP contribution in [0.2, 0.25) is 0 Å². The van der Waals surface area contributed by atoms with Gasteiger partial charge in [0.1, 0.15) is 11.3 Å². The minimum Gasteiger partial charge on any atom is -0.484 e. The molecule has 1 aromatic heterocycles. The first-order chi connectivity index (χ1) is 14.1. The monoisotopic (exact) mass is 390 g/mol. The average Bonchev–Trinajstić information content (AvgIpc) is 3.20. The van der Waals surface area contributed by atoms with E-state index in [1.807, 2.05) is 36.1 Å². The van der Waals surface area contributed by atoms with Crippen molar-refractivity contribution >= 4 is 22.6 Å². The van der Waals surface area contributed by atoms with Crippen LogP contribution in [0.15, 0.2) is 57.7 Å². The number of para-hydroxylation sites is 1. The van der Waals surface area contributed by atoms with Crippen molar-refractivity contribution in [1.29, 1.82) is 0 Å². The van der Waals surface area contributed by atoms with E-state index in [0.717, 1.165) is 29.7 Å². The molecule has 1 N–H and O–H groups in total. The summed E-state index contributed by atoms with van der Waals surface area (Å²) in [4.78, 5) is 26.5. The van der Waals surface area contributed by atoms with E-state index < -0.39 is 5.63 Å². The molecule has 2 atom stereocenters. The zero-order chi connectivity index (χ0) is 20.0. The summed E-state index contributed by atoms with van der Waals surface area (Å²) < 4.78 is 11.0. The van der Waals surface area contributed by atoms with Gasteiger partial charge in [0.15, 0.2) is 6.61 Å². The number of fused-ring (bicyclic) bond motifs is 4. The van der Waals surface area contributed by atoms with Gasteiger partial charge >= 0.3 is 5.63 Å². The molecule has 1 fully saturated rings. The first kappa shape index (κ1) is 17.9. The predicted molar refractivity (Wildman–Crippen MR) is 111 cm³/mol. The highest BCUT2D eigenvalue weighted by Crippen LogP contribution is 2.40. The zero-order valence-electron chi connectivity index (χ0n) is 16.2. The summed E-state index contributed by atoms with van der Waals surface area (Å²) in [6, 6.07) is 14.9. The Labute approximate surface area is 168 Å². The standard InChI is InChI=1S/C23H22N2O4/c1-14-8-23(27)29-21-9-16(6-7-17(14)21)28-13-22(26)25-12-15-10-24-11-19(15)18-4-2-3-5-20(18)25/h2-9,15,19,24H,10-13H2,1H3/t15-,19-/m0/s1. The van der Waals surface area contributed by atoms with E-state index in [2.05, 4.69) is 11.4 Å². The maximum absolute atomic E-state index is 13.0. The average molecular weight is 390 g/mol. The van der Waals surface area contributed by atoms with Crippen LogP contribution < -0.4 is 20.6 Å². The third-order valence-corrected chi connectivity index (χ3v) is 5.97. The van der Waals surface area contributed by atoms with Crippen LogP contribution in [0.1, 0.15) is 17.0 Å². The van der Waals surface area contributed by atoms with E-state index in [-0.39, 0.29) is 12.5 Å². The molecule has 0 aliphatic carbocycles. The number of rotatable bonds is 3. The molecule has 0 spiro atoms. The van der Waals surface area contributed by atoms with Crippen LogP contribution >= 0.6 is 0 Å². The molecular weight excluding hydrogens is 368 g/mol. The first-order valence-corrected chi connectivity index (χ1v) is 9.87. The Morgan fingerprint density at radius 2 is 2.07 bits per heavy atom. The minimum atomic E-state index is -0.395. The molecule has 2 aromatic carbocycles. The van der Waals surface area contributed by atoms with Gasteiger partial charge in [-0.1, -0.05) is 18.2 Å². The van der Waals surface area contributed by atoms with Crippen molar-refractivity contribution in [3.05, 3.63) is 70.1 Å². The number of ether oxygens (including phenoxy) is 1. The van der Waals surface area contributed by atoms with Crippen molar-refractivity contribution < 1.29 is 13.9 Å². The molecule has 5 rings (SSSR count). The molecule has 0 radical (unpaired) electrons. The van der Waals surface area contributed by atoms with Gasteiger partial charge in [-0.3, -0.25) is 4.79 Å². The molecule has 148 valence electrons. The van der Waals surface area contributed by atoms with Crippen LogP contribution in [0, 0.1) is 12.8 Å². The van der Waals surface area contributed by atoms with Crippen molar-refractivity contribution in [2.24, 2.45) is 5.92 Å². The Kier molecular flexibility index (Phi) is 4.36. The highest BCUT2D eigenvalue weighted by molar-refractivity contribution is 5.96. The zero-order valence-corrected chi connectivity index (χ0v) is 16.2. The number of hydrogen-bond acceptors (Lipinski definition) is 5. The normalized spacial score (nSPS) is 20.4. The lowest BCUT2D eigenvalue weighted by Crippen LogP contribution is -2.43.